The van der Waals surface area contributed by atoms with Crippen LogP contribution in [0, 0.1) is 0 Å². The fourth-order valence-corrected chi connectivity index (χ4v) is 2.59. The van der Waals surface area contributed by atoms with Crippen LogP contribution in [0.5, 0.6) is 0 Å². The molecule has 0 saturated heterocycles. The van der Waals surface area contributed by atoms with Crippen LogP contribution in [0.25, 0.3) is 0 Å². The molecular formula is C15H13Cl3N6O. The monoisotopic (exact) mass is 398 g/mol. The van der Waals surface area contributed by atoms with Gasteiger partial charge in [-0.1, -0.05) is 40.9 Å². The number of aryl methyl sites for hydroxylation is 1. The summed E-state index contributed by atoms with van der Waals surface area (Å²) in [5, 5.41) is 12.4. The van der Waals surface area contributed by atoms with Crippen molar-refractivity contribution in [2.24, 2.45) is 0 Å². The maximum atomic E-state index is 11.9. The summed E-state index contributed by atoms with van der Waals surface area (Å²) in [5.74, 6) is 0.0301. The number of benzene rings is 1. The standard InChI is InChI=1S/C15H13Cl3N6O/c16-11-6-20-23(8-11)4-3-14(25)21-15-19-9-24(22-15)7-10-1-2-12(17)13(18)5-10/h1-2,5-6,8-9H,3-4,7H2,(H,21,22,25). The van der Waals surface area contributed by atoms with Crippen LogP contribution in [-0.2, 0) is 17.9 Å². The zero-order valence-corrected chi connectivity index (χ0v) is 15.1. The van der Waals surface area contributed by atoms with Gasteiger partial charge >= 0.3 is 0 Å². The lowest BCUT2D eigenvalue weighted by molar-refractivity contribution is -0.116. The van der Waals surface area contributed by atoms with Crippen molar-refractivity contribution >= 4 is 46.7 Å². The molecule has 0 spiro atoms. The molecule has 0 aliphatic heterocycles. The van der Waals surface area contributed by atoms with Crippen molar-refractivity contribution in [3.63, 3.8) is 0 Å². The third kappa shape index (κ3) is 4.94. The summed E-state index contributed by atoms with van der Waals surface area (Å²) in [4.78, 5) is 16.0. The molecule has 1 aromatic carbocycles. The highest BCUT2D eigenvalue weighted by Gasteiger charge is 2.08. The number of aromatic nitrogens is 5. The SMILES string of the molecule is O=C(CCn1cc(Cl)cn1)Nc1ncn(Cc2ccc(Cl)c(Cl)c2)n1. The maximum absolute atomic E-state index is 11.9. The Morgan fingerprint density at radius 3 is 2.72 bits per heavy atom. The van der Waals surface area contributed by atoms with E-state index in [9.17, 15) is 4.79 Å². The van der Waals surface area contributed by atoms with Crippen LogP contribution in [0.15, 0.2) is 36.9 Å². The second kappa shape index (κ2) is 7.86. The van der Waals surface area contributed by atoms with Crippen molar-refractivity contribution < 1.29 is 4.79 Å². The van der Waals surface area contributed by atoms with E-state index in [1.807, 2.05) is 6.07 Å². The van der Waals surface area contributed by atoms with Gasteiger partial charge in [-0.15, -0.1) is 5.10 Å². The van der Waals surface area contributed by atoms with Crippen molar-refractivity contribution in [2.45, 2.75) is 19.5 Å². The summed E-state index contributed by atoms with van der Waals surface area (Å²) < 4.78 is 3.20. The molecule has 1 amide bonds. The number of anilines is 1. The van der Waals surface area contributed by atoms with E-state index in [0.717, 1.165) is 5.56 Å². The molecule has 10 heteroatoms. The molecule has 2 heterocycles. The highest BCUT2D eigenvalue weighted by molar-refractivity contribution is 6.42. The van der Waals surface area contributed by atoms with Crippen LogP contribution in [0.2, 0.25) is 15.1 Å². The number of carbonyl (C=O) groups is 1. The average molecular weight is 400 g/mol. The number of hydrogen-bond acceptors (Lipinski definition) is 4. The lowest BCUT2D eigenvalue weighted by Crippen LogP contribution is -2.16. The minimum Gasteiger partial charge on any atom is -0.293 e. The topological polar surface area (TPSA) is 77.6 Å². The minimum atomic E-state index is -0.209. The second-order valence-electron chi connectivity index (χ2n) is 5.23. The molecule has 3 aromatic rings. The van der Waals surface area contributed by atoms with Gasteiger partial charge in [0.2, 0.25) is 11.9 Å². The van der Waals surface area contributed by atoms with Crippen molar-refractivity contribution in [2.75, 3.05) is 5.32 Å². The zero-order chi connectivity index (χ0) is 17.8. The van der Waals surface area contributed by atoms with Crippen molar-refractivity contribution in [3.05, 3.63) is 57.6 Å². The van der Waals surface area contributed by atoms with E-state index in [2.05, 4.69) is 20.5 Å². The quantitative estimate of drug-likeness (QED) is 0.688. The summed E-state index contributed by atoms with van der Waals surface area (Å²) in [6.07, 6.45) is 4.94. The minimum absolute atomic E-state index is 0.209. The Labute approximate surface area is 158 Å². The summed E-state index contributed by atoms with van der Waals surface area (Å²) in [5.41, 5.74) is 0.924. The smallest absolute Gasteiger partial charge is 0.248 e. The van der Waals surface area contributed by atoms with Gasteiger partial charge in [0.25, 0.3) is 0 Å². The predicted octanol–water partition coefficient (Wildman–Crippen LogP) is 3.51. The molecule has 0 atom stereocenters. The first-order valence-electron chi connectivity index (χ1n) is 7.31. The molecule has 0 aliphatic carbocycles. The number of amides is 1. The Hall–Kier alpha value is -2.09. The fraction of sp³-hybridized carbons (Fsp3) is 0.200. The number of rotatable bonds is 6. The maximum Gasteiger partial charge on any atom is 0.248 e. The van der Waals surface area contributed by atoms with Gasteiger partial charge in [-0.25, -0.2) is 9.67 Å². The molecule has 25 heavy (non-hydrogen) atoms. The third-order valence-electron chi connectivity index (χ3n) is 3.29. The summed E-state index contributed by atoms with van der Waals surface area (Å²) in [7, 11) is 0. The number of halogens is 3. The van der Waals surface area contributed by atoms with Gasteiger partial charge in [0.1, 0.15) is 6.33 Å². The fourth-order valence-electron chi connectivity index (χ4n) is 2.12. The van der Waals surface area contributed by atoms with E-state index in [1.54, 1.807) is 27.7 Å². The average Bonchev–Trinajstić information content (AvgIpc) is 3.18. The zero-order valence-electron chi connectivity index (χ0n) is 12.9. The van der Waals surface area contributed by atoms with E-state index in [0.29, 0.717) is 28.2 Å². The Balaban J connectivity index is 1.53. The van der Waals surface area contributed by atoms with E-state index >= 15 is 0 Å². The largest absolute Gasteiger partial charge is 0.293 e. The molecular weight excluding hydrogens is 387 g/mol. The van der Waals surface area contributed by atoms with Crippen LogP contribution >= 0.6 is 34.8 Å². The molecule has 0 bridgehead atoms. The Bertz CT molecular complexity index is 891. The van der Waals surface area contributed by atoms with Gasteiger partial charge < -0.3 is 0 Å². The van der Waals surface area contributed by atoms with Crippen LogP contribution in [-0.4, -0.2) is 30.5 Å². The summed E-state index contributed by atoms with van der Waals surface area (Å²) in [6, 6.07) is 5.34. The molecule has 0 saturated carbocycles. The Morgan fingerprint density at radius 2 is 2.00 bits per heavy atom. The summed E-state index contributed by atoms with van der Waals surface area (Å²) >= 11 is 17.7. The van der Waals surface area contributed by atoms with E-state index < -0.39 is 0 Å². The van der Waals surface area contributed by atoms with E-state index in [-0.39, 0.29) is 18.3 Å². The van der Waals surface area contributed by atoms with Gasteiger partial charge in [-0.2, -0.15) is 5.10 Å². The first-order valence-corrected chi connectivity index (χ1v) is 8.44. The molecule has 3 rings (SSSR count). The van der Waals surface area contributed by atoms with Crippen molar-refractivity contribution in [1.82, 2.24) is 24.5 Å². The molecule has 0 aliphatic rings. The third-order valence-corrected chi connectivity index (χ3v) is 4.22. The van der Waals surface area contributed by atoms with Crippen molar-refractivity contribution in [1.29, 1.82) is 0 Å². The van der Waals surface area contributed by atoms with E-state index in [4.69, 9.17) is 34.8 Å². The lowest BCUT2D eigenvalue weighted by Gasteiger charge is -2.03. The van der Waals surface area contributed by atoms with E-state index in [1.165, 1.54) is 12.5 Å². The van der Waals surface area contributed by atoms with Gasteiger partial charge in [0.15, 0.2) is 0 Å². The first kappa shape index (κ1) is 17.7. The lowest BCUT2D eigenvalue weighted by atomic mass is 10.2. The Morgan fingerprint density at radius 1 is 1.16 bits per heavy atom. The van der Waals surface area contributed by atoms with Crippen molar-refractivity contribution in [3.8, 4) is 0 Å². The molecule has 0 unspecified atom stereocenters. The van der Waals surface area contributed by atoms with Crippen LogP contribution in [0.4, 0.5) is 5.95 Å². The molecule has 2 aromatic heterocycles. The van der Waals surface area contributed by atoms with Crippen LogP contribution in [0.3, 0.4) is 0 Å². The van der Waals surface area contributed by atoms with Gasteiger partial charge in [0.05, 0.1) is 27.8 Å². The molecule has 0 fully saturated rings. The molecule has 130 valence electrons. The number of carbonyl (C=O) groups excluding carboxylic acids is 1. The highest BCUT2D eigenvalue weighted by atomic mass is 35.5. The molecule has 1 N–H and O–H groups in total. The molecule has 7 nitrogen and oxygen atoms in total. The first-order chi connectivity index (χ1) is 12.0. The van der Waals surface area contributed by atoms with Gasteiger partial charge in [-0.3, -0.25) is 14.8 Å². The van der Waals surface area contributed by atoms with Gasteiger partial charge in [0, 0.05) is 19.2 Å². The number of nitrogens with one attached hydrogen (secondary N) is 1. The van der Waals surface area contributed by atoms with Gasteiger partial charge in [-0.05, 0) is 17.7 Å². The highest BCUT2D eigenvalue weighted by Crippen LogP contribution is 2.22. The molecule has 0 radical (unpaired) electrons. The van der Waals surface area contributed by atoms with Crippen LogP contribution < -0.4 is 5.32 Å². The van der Waals surface area contributed by atoms with Crippen LogP contribution in [0.1, 0.15) is 12.0 Å². The number of nitrogens with zero attached hydrogens (tertiary/aromatic N) is 5. The Kier molecular flexibility index (Phi) is 5.57. The summed E-state index contributed by atoms with van der Waals surface area (Å²) in [6.45, 7) is 0.883. The normalized spacial score (nSPS) is 10.8. The second-order valence-corrected chi connectivity index (χ2v) is 6.48. The predicted molar refractivity (Wildman–Crippen MR) is 96.1 cm³/mol. The number of hydrogen-bond donors (Lipinski definition) is 1.